The number of hydrogen-bond donors (Lipinski definition) is 1. The van der Waals surface area contributed by atoms with Crippen LogP contribution in [-0.2, 0) is 11.3 Å². The number of carbonyl (C=O) groups is 1. The molecule has 0 saturated carbocycles. The Hall–Kier alpha value is -1.65. The molecule has 1 aliphatic rings. The molecule has 0 spiro atoms. The van der Waals surface area contributed by atoms with E-state index in [0.29, 0.717) is 6.54 Å². The van der Waals surface area contributed by atoms with Crippen LogP contribution in [-0.4, -0.2) is 5.91 Å². The fourth-order valence-corrected chi connectivity index (χ4v) is 2.90. The minimum absolute atomic E-state index is 0.0404. The largest absolute Gasteiger partial charge is 0.316 e. The van der Waals surface area contributed by atoms with Gasteiger partial charge in [-0.3, -0.25) is 4.79 Å². The number of benzene rings is 2. The smallest absolute Gasteiger partial charge is 0.248 e. The highest BCUT2D eigenvalue weighted by atomic mass is 79.9. The van der Waals surface area contributed by atoms with Crippen molar-refractivity contribution in [1.82, 2.24) is 0 Å². The zero-order chi connectivity index (χ0) is 14.3. The summed E-state index contributed by atoms with van der Waals surface area (Å²) in [7, 11) is 0. The lowest BCUT2D eigenvalue weighted by atomic mass is 10.1. The third kappa shape index (κ3) is 2.15. The van der Waals surface area contributed by atoms with Crippen LogP contribution in [0, 0.1) is 6.92 Å². The van der Waals surface area contributed by atoms with E-state index in [2.05, 4.69) is 28.9 Å². The van der Waals surface area contributed by atoms with Gasteiger partial charge in [0.2, 0.25) is 5.91 Å². The van der Waals surface area contributed by atoms with Crippen molar-refractivity contribution in [3.8, 4) is 0 Å². The summed E-state index contributed by atoms with van der Waals surface area (Å²) in [5, 5.41) is 0. The third-order valence-corrected chi connectivity index (χ3v) is 4.23. The highest BCUT2D eigenvalue weighted by Crippen LogP contribution is 2.37. The third-order valence-electron chi connectivity index (χ3n) is 3.74. The van der Waals surface area contributed by atoms with Crippen molar-refractivity contribution >= 4 is 27.5 Å². The SMILES string of the molecule is Cc1ccccc1CN1C(=O)C(N)c2ccc(Br)cc21. The maximum Gasteiger partial charge on any atom is 0.248 e. The topological polar surface area (TPSA) is 46.3 Å². The van der Waals surface area contributed by atoms with Crippen LogP contribution in [0.2, 0.25) is 0 Å². The molecule has 0 aliphatic carbocycles. The van der Waals surface area contributed by atoms with Crippen LogP contribution in [0.25, 0.3) is 0 Å². The molecule has 1 atom stereocenters. The van der Waals surface area contributed by atoms with E-state index in [1.807, 2.05) is 36.4 Å². The number of amides is 1. The Morgan fingerprint density at radius 2 is 2.00 bits per heavy atom. The number of halogens is 1. The van der Waals surface area contributed by atoms with E-state index in [1.165, 1.54) is 5.56 Å². The molecular formula is C16H15BrN2O. The Morgan fingerprint density at radius 3 is 2.75 bits per heavy atom. The second-order valence-electron chi connectivity index (χ2n) is 5.03. The molecule has 0 aromatic heterocycles. The molecule has 3 rings (SSSR count). The molecule has 1 amide bonds. The molecule has 0 radical (unpaired) electrons. The van der Waals surface area contributed by atoms with Gasteiger partial charge >= 0.3 is 0 Å². The Labute approximate surface area is 126 Å². The first-order valence-corrected chi connectivity index (χ1v) is 7.28. The summed E-state index contributed by atoms with van der Waals surface area (Å²) in [6.07, 6.45) is 0. The van der Waals surface area contributed by atoms with Crippen LogP contribution >= 0.6 is 15.9 Å². The lowest BCUT2D eigenvalue weighted by Gasteiger charge is -2.19. The molecule has 3 nitrogen and oxygen atoms in total. The van der Waals surface area contributed by atoms with Gasteiger partial charge in [-0.1, -0.05) is 46.3 Å². The maximum absolute atomic E-state index is 12.4. The van der Waals surface area contributed by atoms with Gasteiger partial charge in [0.15, 0.2) is 0 Å². The molecular weight excluding hydrogens is 316 g/mol. The summed E-state index contributed by atoms with van der Waals surface area (Å²) in [6, 6.07) is 13.3. The minimum atomic E-state index is -0.554. The fraction of sp³-hybridized carbons (Fsp3) is 0.188. The first kappa shape index (κ1) is 13.3. The van der Waals surface area contributed by atoms with Gasteiger partial charge in [-0.2, -0.15) is 0 Å². The van der Waals surface area contributed by atoms with Gasteiger partial charge in [0.25, 0.3) is 0 Å². The Bertz CT molecular complexity index is 684. The van der Waals surface area contributed by atoms with Gasteiger partial charge in [-0.05, 0) is 30.2 Å². The first-order valence-electron chi connectivity index (χ1n) is 6.49. The van der Waals surface area contributed by atoms with Gasteiger partial charge in [0.1, 0.15) is 6.04 Å². The molecule has 2 aromatic rings. The van der Waals surface area contributed by atoms with Gasteiger partial charge in [0.05, 0.1) is 12.2 Å². The van der Waals surface area contributed by atoms with E-state index in [-0.39, 0.29) is 5.91 Å². The number of nitrogens with zero attached hydrogens (tertiary/aromatic N) is 1. The van der Waals surface area contributed by atoms with Crippen molar-refractivity contribution in [3.05, 3.63) is 63.6 Å². The number of rotatable bonds is 2. The monoisotopic (exact) mass is 330 g/mol. The van der Waals surface area contributed by atoms with Crippen LogP contribution in [0.4, 0.5) is 5.69 Å². The predicted octanol–water partition coefficient (Wildman–Crippen LogP) is 3.30. The van der Waals surface area contributed by atoms with Gasteiger partial charge in [-0.15, -0.1) is 0 Å². The minimum Gasteiger partial charge on any atom is -0.316 e. The van der Waals surface area contributed by atoms with Gasteiger partial charge in [-0.25, -0.2) is 0 Å². The Balaban J connectivity index is 2.01. The van der Waals surface area contributed by atoms with Crippen molar-refractivity contribution < 1.29 is 4.79 Å². The van der Waals surface area contributed by atoms with E-state index < -0.39 is 6.04 Å². The average molecular weight is 331 g/mol. The summed E-state index contributed by atoms with van der Waals surface area (Å²) >= 11 is 3.45. The summed E-state index contributed by atoms with van der Waals surface area (Å²) < 4.78 is 0.952. The van der Waals surface area contributed by atoms with Crippen LogP contribution in [0.15, 0.2) is 46.9 Å². The number of hydrogen-bond acceptors (Lipinski definition) is 2. The fourth-order valence-electron chi connectivity index (χ4n) is 2.55. The second kappa shape index (κ2) is 5.04. The van der Waals surface area contributed by atoms with E-state index in [1.54, 1.807) is 4.90 Å². The van der Waals surface area contributed by atoms with E-state index in [9.17, 15) is 4.79 Å². The molecule has 1 aliphatic heterocycles. The zero-order valence-corrected chi connectivity index (χ0v) is 12.7. The number of carbonyl (C=O) groups excluding carboxylic acids is 1. The Kier molecular flexibility index (Phi) is 3.36. The molecule has 0 saturated heterocycles. The van der Waals surface area contributed by atoms with Gasteiger partial charge in [0, 0.05) is 10.0 Å². The summed E-state index contributed by atoms with van der Waals surface area (Å²) in [6.45, 7) is 2.61. The standard InChI is InChI=1S/C16H15BrN2O/c1-10-4-2-3-5-11(10)9-19-14-8-12(17)6-7-13(14)15(18)16(19)20/h2-8,15H,9,18H2,1H3. The van der Waals surface area contributed by atoms with Crippen LogP contribution < -0.4 is 10.6 Å². The Morgan fingerprint density at radius 1 is 1.25 bits per heavy atom. The van der Waals surface area contributed by atoms with Crippen molar-refractivity contribution in [2.45, 2.75) is 19.5 Å². The molecule has 102 valence electrons. The van der Waals surface area contributed by atoms with Crippen LogP contribution in [0.3, 0.4) is 0 Å². The van der Waals surface area contributed by atoms with Crippen molar-refractivity contribution in [2.75, 3.05) is 4.90 Å². The van der Waals surface area contributed by atoms with E-state index >= 15 is 0 Å². The molecule has 1 unspecified atom stereocenters. The number of nitrogens with two attached hydrogens (primary N) is 1. The number of aryl methyl sites for hydroxylation is 1. The number of anilines is 1. The highest BCUT2D eigenvalue weighted by Gasteiger charge is 2.34. The highest BCUT2D eigenvalue weighted by molar-refractivity contribution is 9.10. The molecule has 1 heterocycles. The van der Waals surface area contributed by atoms with Crippen molar-refractivity contribution in [3.63, 3.8) is 0 Å². The molecule has 0 bridgehead atoms. The lowest BCUT2D eigenvalue weighted by molar-refractivity contribution is -0.119. The molecule has 0 fully saturated rings. The maximum atomic E-state index is 12.4. The molecule has 2 N–H and O–H groups in total. The first-order chi connectivity index (χ1) is 9.58. The summed E-state index contributed by atoms with van der Waals surface area (Å²) in [5.41, 5.74) is 10.1. The lowest BCUT2D eigenvalue weighted by Crippen LogP contribution is -2.31. The number of fused-ring (bicyclic) bond motifs is 1. The quantitative estimate of drug-likeness (QED) is 0.918. The normalized spacial score (nSPS) is 17.4. The van der Waals surface area contributed by atoms with Crippen molar-refractivity contribution in [2.24, 2.45) is 5.73 Å². The van der Waals surface area contributed by atoms with Crippen LogP contribution in [0.5, 0.6) is 0 Å². The average Bonchev–Trinajstić information content (AvgIpc) is 2.66. The van der Waals surface area contributed by atoms with Crippen molar-refractivity contribution in [1.29, 1.82) is 0 Å². The van der Waals surface area contributed by atoms with Crippen LogP contribution in [0.1, 0.15) is 22.7 Å². The van der Waals surface area contributed by atoms with Gasteiger partial charge < -0.3 is 10.6 Å². The second-order valence-corrected chi connectivity index (χ2v) is 5.95. The molecule has 20 heavy (non-hydrogen) atoms. The predicted molar refractivity (Wildman–Crippen MR) is 83.4 cm³/mol. The zero-order valence-electron chi connectivity index (χ0n) is 11.1. The molecule has 2 aromatic carbocycles. The molecule has 4 heteroatoms. The van der Waals surface area contributed by atoms with E-state index in [4.69, 9.17) is 5.73 Å². The summed E-state index contributed by atoms with van der Waals surface area (Å²) in [5.74, 6) is -0.0404. The summed E-state index contributed by atoms with van der Waals surface area (Å²) in [4.78, 5) is 14.1. The van der Waals surface area contributed by atoms with E-state index in [0.717, 1.165) is 21.3 Å².